The molecular weight excluding hydrogens is 164 g/mol. The third-order valence-corrected chi connectivity index (χ3v) is 2.22. The Labute approximate surface area is 66.4 Å². The van der Waals surface area contributed by atoms with Crippen molar-refractivity contribution < 1.29 is 0 Å². The molecule has 1 aliphatic rings. The molecule has 0 unspecified atom stereocenters. The molecule has 1 aliphatic heterocycles. The number of anilines is 2. The van der Waals surface area contributed by atoms with Gasteiger partial charge in [0.2, 0.25) is 5.95 Å². The average Bonchev–Trinajstić information content (AvgIpc) is 2.34. The van der Waals surface area contributed by atoms with E-state index in [9.17, 15) is 4.79 Å². The molecule has 58 valence electrons. The monoisotopic (exact) mass is 170 g/mol. The first kappa shape index (κ1) is 6.53. The smallest absolute Gasteiger partial charge is 0.276 e. The Balaban J connectivity index is 2.70. The van der Waals surface area contributed by atoms with Crippen molar-refractivity contribution in [2.75, 3.05) is 16.9 Å². The van der Waals surface area contributed by atoms with Crippen LogP contribution in [-0.4, -0.2) is 15.8 Å². The SMILES string of the molecule is Nc1nc2c(c(=O)[nH]1)NCS2. The number of fused-ring (bicyclic) bond motifs is 1. The van der Waals surface area contributed by atoms with Crippen LogP contribution < -0.4 is 16.6 Å². The third-order valence-electron chi connectivity index (χ3n) is 1.36. The number of aromatic amines is 1. The van der Waals surface area contributed by atoms with Crippen LogP contribution >= 0.6 is 11.8 Å². The Hall–Kier alpha value is -1.17. The minimum Gasteiger partial charge on any atom is -0.369 e. The van der Waals surface area contributed by atoms with E-state index in [0.717, 1.165) is 0 Å². The van der Waals surface area contributed by atoms with Gasteiger partial charge < -0.3 is 11.1 Å². The van der Waals surface area contributed by atoms with Gasteiger partial charge in [-0.1, -0.05) is 11.8 Å². The van der Waals surface area contributed by atoms with Gasteiger partial charge in [0.1, 0.15) is 10.7 Å². The van der Waals surface area contributed by atoms with Crippen molar-refractivity contribution in [3.05, 3.63) is 10.4 Å². The fraction of sp³-hybridized carbons (Fsp3) is 0.200. The molecule has 2 heterocycles. The van der Waals surface area contributed by atoms with Gasteiger partial charge in [0.15, 0.2) is 0 Å². The van der Waals surface area contributed by atoms with Crippen LogP contribution in [0.15, 0.2) is 9.82 Å². The number of nitrogens with zero attached hydrogens (tertiary/aromatic N) is 1. The third kappa shape index (κ3) is 0.949. The highest BCUT2D eigenvalue weighted by Crippen LogP contribution is 2.27. The molecule has 0 bridgehead atoms. The molecule has 0 radical (unpaired) electrons. The largest absolute Gasteiger partial charge is 0.369 e. The van der Waals surface area contributed by atoms with Crippen molar-refractivity contribution in [1.29, 1.82) is 0 Å². The fourth-order valence-electron chi connectivity index (χ4n) is 0.906. The molecular formula is C5H6N4OS. The minimum atomic E-state index is -0.197. The molecule has 1 aromatic heterocycles. The van der Waals surface area contributed by atoms with E-state index in [1.165, 1.54) is 11.8 Å². The molecule has 0 aromatic carbocycles. The fourth-order valence-corrected chi connectivity index (χ4v) is 1.73. The van der Waals surface area contributed by atoms with Crippen molar-refractivity contribution in [3.8, 4) is 0 Å². The summed E-state index contributed by atoms with van der Waals surface area (Å²) in [6.07, 6.45) is 0. The van der Waals surface area contributed by atoms with Crippen molar-refractivity contribution >= 4 is 23.4 Å². The molecule has 5 nitrogen and oxygen atoms in total. The number of nitrogen functional groups attached to an aromatic ring is 1. The number of thioether (sulfide) groups is 1. The number of hydrogen-bond donors (Lipinski definition) is 3. The molecule has 1 aromatic rings. The van der Waals surface area contributed by atoms with Gasteiger partial charge in [-0.15, -0.1) is 0 Å². The summed E-state index contributed by atoms with van der Waals surface area (Å²) in [5.41, 5.74) is 5.66. The van der Waals surface area contributed by atoms with Gasteiger partial charge in [-0.3, -0.25) is 9.78 Å². The van der Waals surface area contributed by atoms with Crippen molar-refractivity contribution in [1.82, 2.24) is 9.97 Å². The van der Waals surface area contributed by atoms with E-state index in [1.54, 1.807) is 0 Å². The zero-order valence-corrected chi connectivity index (χ0v) is 6.36. The maximum atomic E-state index is 11.1. The quantitative estimate of drug-likeness (QED) is 0.471. The van der Waals surface area contributed by atoms with Crippen LogP contribution in [0.2, 0.25) is 0 Å². The van der Waals surface area contributed by atoms with Crippen LogP contribution in [0.1, 0.15) is 0 Å². The number of aromatic nitrogens is 2. The molecule has 0 spiro atoms. The Morgan fingerprint density at radius 3 is 3.27 bits per heavy atom. The van der Waals surface area contributed by atoms with E-state index < -0.39 is 0 Å². The number of hydrogen-bond acceptors (Lipinski definition) is 5. The lowest BCUT2D eigenvalue weighted by Crippen LogP contribution is -2.14. The number of nitrogens with one attached hydrogen (secondary N) is 2. The second kappa shape index (κ2) is 2.16. The zero-order valence-electron chi connectivity index (χ0n) is 5.55. The molecule has 0 fully saturated rings. The summed E-state index contributed by atoms with van der Waals surface area (Å²) in [6.45, 7) is 0. The summed E-state index contributed by atoms with van der Waals surface area (Å²) >= 11 is 1.47. The first-order valence-electron chi connectivity index (χ1n) is 3.04. The van der Waals surface area contributed by atoms with Crippen LogP contribution in [0.5, 0.6) is 0 Å². The number of nitrogens with two attached hydrogens (primary N) is 1. The van der Waals surface area contributed by atoms with E-state index >= 15 is 0 Å². The molecule has 2 rings (SSSR count). The molecule has 0 aliphatic carbocycles. The Morgan fingerprint density at radius 2 is 2.45 bits per heavy atom. The van der Waals surface area contributed by atoms with Gasteiger partial charge in [-0.2, -0.15) is 0 Å². The lowest BCUT2D eigenvalue weighted by molar-refractivity contribution is 1.05. The minimum absolute atomic E-state index is 0.171. The highest BCUT2D eigenvalue weighted by atomic mass is 32.2. The summed E-state index contributed by atoms with van der Waals surface area (Å²) in [7, 11) is 0. The number of rotatable bonds is 0. The molecule has 11 heavy (non-hydrogen) atoms. The van der Waals surface area contributed by atoms with Gasteiger partial charge in [0, 0.05) is 0 Å². The molecule has 0 amide bonds. The highest BCUT2D eigenvalue weighted by molar-refractivity contribution is 7.99. The summed E-state index contributed by atoms with van der Waals surface area (Å²) in [5.74, 6) is 0.861. The first-order valence-corrected chi connectivity index (χ1v) is 4.02. The summed E-state index contributed by atoms with van der Waals surface area (Å²) in [4.78, 5) is 17.4. The van der Waals surface area contributed by atoms with Crippen LogP contribution in [0.4, 0.5) is 11.6 Å². The summed E-state index contributed by atoms with van der Waals surface area (Å²) in [6, 6.07) is 0. The molecule has 6 heteroatoms. The molecule has 4 N–H and O–H groups in total. The van der Waals surface area contributed by atoms with Crippen LogP contribution in [0.3, 0.4) is 0 Å². The van der Waals surface area contributed by atoms with Gasteiger partial charge in [-0.25, -0.2) is 4.98 Å². The number of H-pyrrole nitrogens is 1. The maximum absolute atomic E-state index is 11.1. The maximum Gasteiger partial charge on any atom is 0.276 e. The Kier molecular flexibility index (Phi) is 1.28. The van der Waals surface area contributed by atoms with E-state index in [2.05, 4.69) is 15.3 Å². The first-order chi connectivity index (χ1) is 5.27. The lowest BCUT2D eigenvalue weighted by atomic mass is 10.5. The van der Waals surface area contributed by atoms with E-state index in [-0.39, 0.29) is 11.5 Å². The highest BCUT2D eigenvalue weighted by Gasteiger charge is 2.15. The predicted molar refractivity (Wildman–Crippen MR) is 43.6 cm³/mol. The van der Waals surface area contributed by atoms with E-state index in [4.69, 9.17) is 5.73 Å². The topological polar surface area (TPSA) is 83.8 Å². The Bertz CT molecular complexity index is 347. The molecule has 0 saturated carbocycles. The van der Waals surface area contributed by atoms with Crippen molar-refractivity contribution in [2.24, 2.45) is 0 Å². The molecule has 0 saturated heterocycles. The van der Waals surface area contributed by atoms with Gasteiger partial charge in [0.25, 0.3) is 5.56 Å². The average molecular weight is 170 g/mol. The van der Waals surface area contributed by atoms with Gasteiger partial charge in [-0.05, 0) is 0 Å². The van der Waals surface area contributed by atoms with Crippen molar-refractivity contribution in [2.45, 2.75) is 5.03 Å². The lowest BCUT2D eigenvalue weighted by Gasteiger charge is -1.96. The van der Waals surface area contributed by atoms with Crippen molar-refractivity contribution in [3.63, 3.8) is 0 Å². The molecule has 0 atom stereocenters. The summed E-state index contributed by atoms with van der Waals surface area (Å²) in [5, 5.41) is 3.58. The van der Waals surface area contributed by atoms with Crippen LogP contribution in [0, 0.1) is 0 Å². The van der Waals surface area contributed by atoms with E-state index in [0.29, 0.717) is 16.6 Å². The normalized spacial score (nSPS) is 14.2. The second-order valence-corrected chi connectivity index (χ2v) is 3.06. The predicted octanol–water partition coefficient (Wildman–Crippen LogP) is -0.173. The second-order valence-electron chi connectivity index (χ2n) is 2.10. The van der Waals surface area contributed by atoms with Gasteiger partial charge in [0.05, 0.1) is 5.88 Å². The Morgan fingerprint density at radius 1 is 1.64 bits per heavy atom. The van der Waals surface area contributed by atoms with Crippen LogP contribution in [0.25, 0.3) is 0 Å². The zero-order chi connectivity index (χ0) is 7.84. The van der Waals surface area contributed by atoms with Gasteiger partial charge >= 0.3 is 0 Å². The standard InChI is InChI=1S/C5H6N4OS/c6-5-8-3(10)2-4(9-5)11-1-7-2/h7H,1H2,(H3,6,8,9,10). The van der Waals surface area contributed by atoms with Crippen LogP contribution in [-0.2, 0) is 0 Å². The summed E-state index contributed by atoms with van der Waals surface area (Å²) < 4.78 is 0. The van der Waals surface area contributed by atoms with E-state index in [1.807, 2.05) is 0 Å².